The fourth-order valence-corrected chi connectivity index (χ4v) is 3.52. The van der Waals surface area contributed by atoms with Crippen molar-refractivity contribution in [3.63, 3.8) is 0 Å². The van der Waals surface area contributed by atoms with E-state index >= 15 is 0 Å². The molecule has 1 rings (SSSR count). The molecule has 0 amide bonds. The highest BCUT2D eigenvalue weighted by Gasteiger charge is 2.30. The minimum absolute atomic E-state index is 0.769. The molecule has 0 aromatic rings. The molecule has 0 spiro atoms. The van der Waals surface area contributed by atoms with Gasteiger partial charge in [-0.05, 0) is 43.9 Å². The van der Waals surface area contributed by atoms with Gasteiger partial charge in [0.05, 0.1) is 0 Å². The van der Waals surface area contributed by atoms with E-state index in [1.165, 1.54) is 19.3 Å². The van der Waals surface area contributed by atoms with Crippen molar-refractivity contribution in [3.05, 3.63) is 0 Å². The highest BCUT2D eigenvalue weighted by atomic mass is 32.2. The highest BCUT2D eigenvalue weighted by Crippen LogP contribution is 2.35. The first-order chi connectivity index (χ1) is 6.69. The van der Waals surface area contributed by atoms with Gasteiger partial charge in [-0.3, -0.25) is 0 Å². The monoisotopic (exact) mass is 215 g/mol. The Balaban J connectivity index is 2.46. The molecule has 0 bridgehead atoms. The Morgan fingerprint density at radius 2 is 2.07 bits per heavy atom. The summed E-state index contributed by atoms with van der Waals surface area (Å²) in [6.07, 6.45) is 6.48. The van der Waals surface area contributed by atoms with E-state index in [1.54, 1.807) is 0 Å². The van der Waals surface area contributed by atoms with E-state index in [-0.39, 0.29) is 0 Å². The van der Waals surface area contributed by atoms with Crippen LogP contribution in [0, 0.1) is 11.8 Å². The normalized spacial score (nSPS) is 33.6. The van der Waals surface area contributed by atoms with Crippen LogP contribution >= 0.6 is 11.8 Å². The molecule has 1 fully saturated rings. The average Bonchev–Trinajstić information content (AvgIpc) is 2.18. The second-order valence-electron chi connectivity index (χ2n) is 4.76. The van der Waals surface area contributed by atoms with Gasteiger partial charge in [-0.25, -0.2) is 0 Å². The highest BCUT2D eigenvalue weighted by molar-refractivity contribution is 7.99. The molecule has 84 valence electrons. The van der Waals surface area contributed by atoms with E-state index in [9.17, 15) is 0 Å². The smallest absolute Gasteiger partial charge is 0.0201 e. The summed E-state index contributed by atoms with van der Waals surface area (Å²) in [7, 11) is 0. The lowest BCUT2D eigenvalue weighted by Gasteiger charge is -2.37. The molecule has 0 saturated heterocycles. The first-order valence-corrected chi connectivity index (χ1v) is 7.24. The van der Waals surface area contributed by atoms with E-state index in [0.717, 1.165) is 29.7 Å². The molecule has 3 unspecified atom stereocenters. The Morgan fingerprint density at radius 3 is 2.57 bits per heavy atom. The fourth-order valence-electron chi connectivity index (χ4n) is 2.52. The van der Waals surface area contributed by atoms with Crippen molar-refractivity contribution in [1.29, 1.82) is 0 Å². The van der Waals surface area contributed by atoms with Crippen molar-refractivity contribution in [1.82, 2.24) is 5.32 Å². The van der Waals surface area contributed by atoms with Crippen molar-refractivity contribution in [2.45, 2.75) is 51.3 Å². The molecular formula is C12H25NS. The van der Waals surface area contributed by atoms with Crippen LogP contribution in [-0.4, -0.2) is 24.1 Å². The summed E-state index contributed by atoms with van der Waals surface area (Å²) in [5, 5.41) is 4.47. The Bertz CT molecular complexity index is 158. The molecule has 1 aliphatic rings. The lowest BCUT2D eigenvalue weighted by Crippen LogP contribution is -2.43. The zero-order valence-corrected chi connectivity index (χ0v) is 10.9. The predicted octanol–water partition coefficient (Wildman–Crippen LogP) is 3.15. The molecule has 0 aromatic carbocycles. The number of rotatable bonds is 4. The molecule has 14 heavy (non-hydrogen) atoms. The van der Waals surface area contributed by atoms with Crippen molar-refractivity contribution >= 4 is 11.8 Å². The van der Waals surface area contributed by atoms with Gasteiger partial charge >= 0.3 is 0 Å². The van der Waals surface area contributed by atoms with E-state index in [4.69, 9.17) is 0 Å². The summed E-state index contributed by atoms with van der Waals surface area (Å²) in [6.45, 7) is 8.07. The predicted molar refractivity (Wildman–Crippen MR) is 66.9 cm³/mol. The topological polar surface area (TPSA) is 12.0 Å². The first-order valence-electron chi connectivity index (χ1n) is 5.95. The molecule has 1 N–H and O–H groups in total. The van der Waals surface area contributed by atoms with Crippen LogP contribution in [0.1, 0.15) is 40.0 Å². The van der Waals surface area contributed by atoms with Crippen LogP contribution in [0.3, 0.4) is 0 Å². The number of nitrogens with one attached hydrogen (secondary N) is 1. The quantitative estimate of drug-likeness (QED) is 0.773. The number of hydrogen-bond acceptors (Lipinski definition) is 2. The zero-order valence-electron chi connectivity index (χ0n) is 10.0. The second-order valence-corrected chi connectivity index (χ2v) is 5.83. The molecule has 1 saturated carbocycles. The molecule has 2 heteroatoms. The molecule has 1 aliphatic carbocycles. The summed E-state index contributed by atoms with van der Waals surface area (Å²) in [5.41, 5.74) is 0. The van der Waals surface area contributed by atoms with Gasteiger partial charge in [-0.15, -0.1) is 0 Å². The Hall–Kier alpha value is 0.310. The largest absolute Gasteiger partial charge is 0.313 e. The van der Waals surface area contributed by atoms with E-state index < -0.39 is 0 Å². The van der Waals surface area contributed by atoms with Crippen LogP contribution in [0.2, 0.25) is 0 Å². The standard InChI is InChI=1S/C12H25NS/c1-5-13-11-7-6-10(9(2)3)8-12(11)14-4/h9-13H,5-8H2,1-4H3. The van der Waals surface area contributed by atoms with Gasteiger partial charge in [-0.2, -0.15) is 11.8 Å². The molecule has 0 heterocycles. The average molecular weight is 215 g/mol. The lowest BCUT2D eigenvalue weighted by atomic mass is 9.79. The third-order valence-electron chi connectivity index (χ3n) is 3.54. The van der Waals surface area contributed by atoms with Gasteiger partial charge in [0.25, 0.3) is 0 Å². The lowest BCUT2D eigenvalue weighted by molar-refractivity contribution is 0.247. The Morgan fingerprint density at radius 1 is 1.36 bits per heavy atom. The molecule has 0 radical (unpaired) electrons. The minimum atomic E-state index is 0.769. The summed E-state index contributed by atoms with van der Waals surface area (Å²) < 4.78 is 0. The van der Waals surface area contributed by atoms with Crippen LogP contribution in [0.25, 0.3) is 0 Å². The van der Waals surface area contributed by atoms with Crippen LogP contribution in [0.5, 0.6) is 0 Å². The maximum atomic E-state index is 3.62. The van der Waals surface area contributed by atoms with E-state index in [0.29, 0.717) is 0 Å². The molecule has 1 nitrogen and oxygen atoms in total. The van der Waals surface area contributed by atoms with Crippen LogP contribution in [0.15, 0.2) is 0 Å². The van der Waals surface area contributed by atoms with Gasteiger partial charge in [0, 0.05) is 11.3 Å². The summed E-state index contributed by atoms with van der Waals surface area (Å²) in [4.78, 5) is 0. The van der Waals surface area contributed by atoms with Gasteiger partial charge in [0.2, 0.25) is 0 Å². The summed E-state index contributed by atoms with van der Waals surface area (Å²) in [6, 6.07) is 0.769. The molecule has 0 aliphatic heterocycles. The summed E-state index contributed by atoms with van der Waals surface area (Å²) >= 11 is 2.05. The Kier molecular flexibility index (Phi) is 5.32. The maximum Gasteiger partial charge on any atom is 0.0201 e. The number of thioether (sulfide) groups is 1. The minimum Gasteiger partial charge on any atom is -0.313 e. The van der Waals surface area contributed by atoms with Crippen LogP contribution < -0.4 is 5.32 Å². The van der Waals surface area contributed by atoms with Crippen LogP contribution in [-0.2, 0) is 0 Å². The van der Waals surface area contributed by atoms with Gasteiger partial charge in [0.15, 0.2) is 0 Å². The van der Waals surface area contributed by atoms with Crippen molar-refractivity contribution in [3.8, 4) is 0 Å². The zero-order chi connectivity index (χ0) is 10.6. The molecule has 0 aromatic heterocycles. The first kappa shape index (κ1) is 12.4. The van der Waals surface area contributed by atoms with Crippen molar-refractivity contribution < 1.29 is 0 Å². The van der Waals surface area contributed by atoms with Crippen LogP contribution in [0.4, 0.5) is 0 Å². The van der Waals surface area contributed by atoms with Gasteiger partial charge < -0.3 is 5.32 Å². The number of hydrogen-bond donors (Lipinski definition) is 1. The van der Waals surface area contributed by atoms with E-state index in [1.807, 2.05) is 0 Å². The van der Waals surface area contributed by atoms with Gasteiger partial charge in [-0.1, -0.05) is 20.8 Å². The summed E-state index contributed by atoms with van der Waals surface area (Å²) in [5.74, 6) is 1.83. The van der Waals surface area contributed by atoms with E-state index in [2.05, 4.69) is 44.1 Å². The maximum absolute atomic E-state index is 3.62. The SMILES string of the molecule is CCNC1CCC(C(C)C)CC1SC. The third-order valence-corrected chi connectivity index (χ3v) is 4.67. The molecule has 3 atom stereocenters. The van der Waals surface area contributed by atoms with Crippen molar-refractivity contribution in [2.75, 3.05) is 12.8 Å². The fraction of sp³-hybridized carbons (Fsp3) is 1.00. The second kappa shape index (κ2) is 6.02. The molecular weight excluding hydrogens is 190 g/mol. The third kappa shape index (κ3) is 3.16. The van der Waals surface area contributed by atoms with Crippen molar-refractivity contribution in [2.24, 2.45) is 11.8 Å². The van der Waals surface area contributed by atoms with Gasteiger partial charge in [0.1, 0.15) is 0 Å². The Labute approximate surface area is 93.4 Å².